The van der Waals surface area contributed by atoms with E-state index in [9.17, 15) is 4.79 Å². The summed E-state index contributed by atoms with van der Waals surface area (Å²) >= 11 is 1.42. The summed E-state index contributed by atoms with van der Waals surface area (Å²) in [5.41, 5.74) is 2.01. The molecular formula is C20H22N2O3S. The Morgan fingerprint density at radius 1 is 1.15 bits per heavy atom. The van der Waals surface area contributed by atoms with E-state index in [1.807, 2.05) is 43.3 Å². The van der Waals surface area contributed by atoms with Gasteiger partial charge in [-0.3, -0.25) is 10.1 Å². The van der Waals surface area contributed by atoms with E-state index in [4.69, 9.17) is 9.47 Å². The van der Waals surface area contributed by atoms with E-state index < -0.39 is 0 Å². The van der Waals surface area contributed by atoms with Gasteiger partial charge in [0.05, 0.1) is 16.8 Å². The first-order chi connectivity index (χ1) is 12.5. The zero-order valence-electron chi connectivity index (χ0n) is 15.1. The number of nitrogens with zero attached hydrogens (tertiary/aromatic N) is 1. The summed E-state index contributed by atoms with van der Waals surface area (Å²) in [6.45, 7) is 6.75. The van der Waals surface area contributed by atoms with Gasteiger partial charge in [-0.05, 0) is 48.7 Å². The number of amides is 1. The Labute approximate surface area is 157 Å². The number of nitrogens with one attached hydrogen (secondary N) is 1. The lowest BCUT2D eigenvalue weighted by atomic mass is 10.0. The van der Waals surface area contributed by atoms with E-state index in [0.29, 0.717) is 23.4 Å². The molecule has 0 radical (unpaired) electrons. The van der Waals surface area contributed by atoms with Crippen LogP contribution < -0.4 is 14.8 Å². The van der Waals surface area contributed by atoms with Crippen molar-refractivity contribution in [2.45, 2.75) is 26.7 Å². The van der Waals surface area contributed by atoms with E-state index in [2.05, 4.69) is 30.2 Å². The zero-order valence-corrected chi connectivity index (χ0v) is 15.9. The molecule has 6 heteroatoms. The number of thiazole rings is 1. The highest BCUT2D eigenvalue weighted by Crippen LogP contribution is 2.29. The maximum atomic E-state index is 12.2. The molecule has 0 atom stereocenters. The maximum absolute atomic E-state index is 12.2. The van der Waals surface area contributed by atoms with Crippen LogP contribution in [-0.4, -0.2) is 24.1 Å². The van der Waals surface area contributed by atoms with Crippen molar-refractivity contribution in [3.8, 4) is 11.5 Å². The van der Waals surface area contributed by atoms with Gasteiger partial charge in [0.15, 0.2) is 11.7 Å². The summed E-state index contributed by atoms with van der Waals surface area (Å²) in [4.78, 5) is 16.6. The largest absolute Gasteiger partial charge is 0.494 e. The molecule has 1 heterocycles. The smallest absolute Gasteiger partial charge is 0.264 e. The number of ether oxygens (including phenoxy) is 2. The van der Waals surface area contributed by atoms with Gasteiger partial charge in [0.1, 0.15) is 11.5 Å². The molecular weight excluding hydrogens is 348 g/mol. The average molecular weight is 370 g/mol. The summed E-state index contributed by atoms with van der Waals surface area (Å²) in [6, 6.07) is 13.5. The molecule has 136 valence electrons. The molecule has 0 aliphatic carbocycles. The lowest BCUT2D eigenvalue weighted by Gasteiger charge is -2.09. The summed E-state index contributed by atoms with van der Waals surface area (Å²) < 4.78 is 12.1. The Bertz CT molecular complexity index is 905. The maximum Gasteiger partial charge on any atom is 0.264 e. The first-order valence-electron chi connectivity index (χ1n) is 8.61. The van der Waals surface area contributed by atoms with E-state index in [1.54, 1.807) is 0 Å². The highest BCUT2D eigenvalue weighted by molar-refractivity contribution is 7.22. The fourth-order valence-electron chi connectivity index (χ4n) is 2.48. The van der Waals surface area contributed by atoms with Gasteiger partial charge in [-0.25, -0.2) is 4.98 Å². The van der Waals surface area contributed by atoms with Crippen LogP contribution in [0.2, 0.25) is 0 Å². The van der Waals surface area contributed by atoms with Crippen molar-refractivity contribution >= 4 is 32.6 Å². The van der Waals surface area contributed by atoms with Crippen LogP contribution in [0, 0.1) is 0 Å². The van der Waals surface area contributed by atoms with Gasteiger partial charge in [0.2, 0.25) is 0 Å². The molecule has 0 bridgehead atoms. The SMILES string of the molecule is CCOc1ccc2nc(NC(=O)COc3cccc(C(C)C)c3)sc2c1. The molecule has 1 aromatic heterocycles. The second kappa shape index (κ2) is 8.19. The topological polar surface area (TPSA) is 60.5 Å². The number of rotatable bonds is 7. The fourth-order valence-corrected chi connectivity index (χ4v) is 3.39. The molecule has 0 spiro atoms. The van der Waals surface area contributed by atoms with E-state index in [0.717, 1.165) is 16.0 Å². The van der Waals surface area contributed by atoms with Crippen molar-refractivity contribution in [3.05, 3.63) is 48.0 Å². The predicted molar refractivity (Wildman–Crippen MR) is 105 cm³/mol. The van der Waals surface area contributed by atoms with E-state index in [-0.39, 0.29) is 12.5 Å². The molecule has 26 heavy (non-hydrogen) atoms. The van der Waals surface area contributed by atoms with Gasteiger partial charge in [0, 0.05) is 0 Å². The molecule has 0 fully saturated rings. The molecule has 5 nitrogen and oxygen atoms in total. The zero-order chi connectivity index (χ0) is 18.5. The molecule has 3 aromatic rings. The molecule has 3 rings (SSSR count). The number of aromatic nitrogens is 1. The molecule has 1 N–H and O–H groups in total. The second-order valence-corrected chi connectivity index (χ2v) is 7.18. The van der Waals surface area contributed by atoms with Crippen LogP contribution in [0.1, 0.15) is 32.3 Å². The average Bonchev–Trinajstić information content (AvgIpc) is 3.02. The number of carbonyl (C=O) groups is 1. The lowest BCUT2D eigenvalue weighted by molar-refractivity contribution is -0.118. The van der Waals surface area contributed by atoms with Crippen molar-refractivity contribution in [3.63, 3.8) is 0 Å². The number of hydrogen-bond donors (Lipinski definition) is 1. The number of hydrogen-bond acceptors (Lipinski definition) is 5. The van der Waals surface area contributed by atoms with Crippen molar-refractivity contribution in [2.24, 2.45) is 0 Å². The van der Waals surface area contributed by atoms with Gasteiger partial charge >= 0.3 is 0 Å². The Balaban J connectivity index is 1.61. The first kappa shape index (κ1) is 18.2. The molecule has 0 aliphatic rings. The minimum absolute atomic E-state index is 0.0539. The van der Waals surface area contributed by atoms with Gasteiger partial charge in [-0.2, -0.15) is 0 Å². The molecule has 1 amide bonds. The standard InChI is InChI=1S/C20H22N2O3S/c1-4-24-16-8-9-17-18(11-16)26-20(21-17)22-19(23)12-25-15-7-5-6-14(10-15)13(2)3/h5-11,13H,4,12H2,1-3H3,(H,21,22,23). The summed E-state index contributed by atoms with van der Waals surface area (Å²) in [6.07, 6.45) is 0. The van der Waals surface area contributed by atoms with Crippen LogP contribution in [0.3, 0.4) is 0 Å². The van der Waals surface area contributed by atoms with Gasteiger partial charge < -0.3 is 9.47 Å². The number of fused-ring (bicyclic) bond motifs is 1. The molecule has 2 aromatic carbocycles. The highest BCUT2D eigenvalue weighted by Gasteiger charge is 2.10. The quantitative estimate of drug-likeness (QED) is 0.647. The minimum Gasteiger partial charge on any atom is -0.494 e. The van der Waals surface area contributed by atoms with Crippen molar-refractivity contribution < 1.29 is 14.3 Å². The van der Waals surface area contributed by atoms with Crippen molar-refractivity contribution in [1.29, 1.82) is 0 Å². The third kappa shape index (κ3) is 4.52. The van der Waals surface area contributed by atoms with Gasteiger partial charge in [0.25, 0.3) is 5.91 Å². The van der Waals surface area contributed by atoms with Crippen LogP contribution in [0.15, 0.2) is 42.5 Å². The summed E-state index contributed by atoms with van der Waals surface area (Å²) in [5, 5.41) is 3.35. The van der Waals surface area contributed by atoms with Crippen LogP contribution in [-0.2, 0) is 4.79 Å². The van der Waals surface area contributed by atoms with Crippen LogP contribution in [0.5, 0.6) is 11.5 Å². The van der Waals surface area contributed by atoms with Crippen LogP contribution in [0.4, 0.5) is 5.13 Å². The Hall–Kier alpha value is -2.60. The van der Waals surface area contributed by atoms with E-state index in [1.165, 1.54) is 16.9 Å². The Morgan fingerprint density at radius 3 is 2.73 bits per heavy atom. The Morgan fingerprint density at radius 2 is 1.96 bits per heavy atom. The normalized spacial score (nSPS) is 10.9. The second-order valence-electron chi connectivity index (χ2n) is 6.15. The highest BCUT2D eigenvalue weighted by atomic mass is 32.1. The monoisotopic (exact) mass is 370 g/mol. The van der Waals surface area contributed by atoms with Crippen molar-refractivity contribution in [2.75, 3.05) is 18.5 Å². The summed E-state index contributed by atoms with van der Waals surface area (Å²) in [5.74, 6) is 1.67. The number of carbonyl (C=O) groups excluding carboxylic acids is 1. The van der Waals surface area contributed by atoms with Crippen molar-refractivity contribution in [1.82, 2.24) is 4.98 Å². The minimum atomic E-state index is -0.232. The van der Waals surface area contributed by atoms with E-state index >= 15 is 0 Å². The van der Waals surface area contributed by atoms with Crippen LogP contribution in [0.25, 0.3) is 10.2 Å². The number of anilines is 1. The summed E-state index contributed by atoms with van der Waals surface area (Å²) in [7, 11) is 0. The molecule has 0 saturated heterocycles. The predicted octanol–water partition coefficient (Wildman–Crippen LogP) is 4.84. The fraction of sp³-hybridized carbons (Fsp3) is 0.300. The third-order valence-electron chi connectivity index (χ3n) is 3.81. The lowest BCUT2D eigenvalue weighted by Crippen LogP contribution is -2.20. The molecule has 0 unspecified atom stereocenters. The number of benzene rings is 2. The first-order valence-corrected chi connectivity index (χ1v) is 9.43. The third-order valence-corrected chi connectivity index (χ3v) is 4.75. The molecule has 0 aliphatic heterocycles. The molecule has 0 saturated carbocycles. The van der Waals surface area contributed by atoms with Gasteiger partial charge in [-0.1, -0.05) is 37.3 Å². The Kier molecular flexibility index (Phi) is 5.73. The van der Waals surface area contributed by atoms with Gasteiger partial charge in [-0.15, -0.1) is 0 Å². The van der Waals surface area contributed by atoms with Crippen LogP contribution >= 0.6 is 11.3 Å².